The summed E-state index contributed by atoms with van der Waals surface area (Å²) in [6, 6.07) is -4.51. The number of carbonyl (C=O) groups excluding carboxylic acids is 3. The quantitative estimate of drug-likeness (QED) is 0.181. The average Bonchev–Trinajstić information content (AvgIpc) is 3.21. The Kier molecular flexibility index (Phi) is 10.3. The van der Waals surface area contributed by atoms with Crippen molar-refractivity contribution in [1.82, 2.24) is 25.9 Å². The summed E-state index contributed by atoms with van der Waals surface area (Å²) in [7, 11) is 0. The van der Waals surface area contributed by atoms with E-state index >= 15 is 0 Å². The number of aromatic amines is 1. The zero-order chi connectivity index (χ0) is 24.4. The maximum absolute atomic E-state index is 12.8. The van der Waals surface area contributed by atoms with Crippen molar-refractivity contribution in [2.75, 3.05) is 0 Å². The van der Waals surface area contributed by atoms with Gasteiger partial charge in [0.15, 0.2) is 0 Å². The molecular formula is C19H30N6O7. The number of H-pyrrole nitrogens is 1. The van der Waals surface area contributed by atoms with E-state index in [1.165, 1.54) is 19.4 Å². The summed E-state index contributed by atoms with van der Waals surface area (Å²) in [4.78, 5) is 66.0. The summed E-state index contributed by atoms with van der Waals surface area (Å²) in [5.74, 6) is -4.83. The van der Waals surface area contributed by atoms with Crippen LogP contribution in [0.2, 0.25) is 0 Å². The highest BCUT2D eigenvalue weighted by Gasteiger charge is 2.29. The molecule has 0 saturated heterocycles. The number of amides is 3. The lowest BCUT2D eigenvalue weighted by Gasteiger charge is -2.24. The van der Waals surface area contributed by atoms with Crippen molar-refractivity contribution in [1.29, 1.82) is 0 Å². The summed E-state index contributed by atoms with van der Waals surface area (Å²) in [5.41, 5.74) is 6.22. The van der Waals surface area contributed by atoms with Gasteiger partial charge in [0.2, 0.25) is 17.7 Å². The van der Waals surface area contributed by atoms with Gasteiger partial charge in [-0.1, -0.05) is 13.8 Å². The fraction of sp³-hybridized carbons (Fsp3) is 0.579. The molecule has 0 fully saturated rings. The van der Waals surface area contributed by atoms with Crippen LogP contribution >= 0.6 is 0 Å². The van der Waals surface area contributed by atoms with Crippen molar-refractivity contribution in [3.8, 4) is 0 Å². The van der Waals surface area contributed by atoms with Crippen LogP contribution in [0.15, 0.2) is 12.5 Å². The monoisotopic (exact) mass is 454 g/mol. The van der Waals surface area contributed by atoms with Gasteiger partial charge in [-0.15, -0.1) is 0 Å². The Balaban J connectivity index is 2.84. The van der Waals surface area contributed by atoms with Crippen LogP contribution in [0.1, 0.15) is 39.3 Å². The Morgan fingerprint density at radius 2 is 1.69 bits per heavy atom. The van der Waals surface area contributed by atoms with Gasteiger partial charge in [-0.2, -0.15) is 0 Å². The molecule has 4 unspecified atom stereocenters. The normalized spacial score (nSPS) is 14.7. The highest BCUT2D eigenvalue weighted by atomic mass is 16.4. The first kappa shape index (κ1) is 26.6. The number of nitrogens with two attached hydrogens (primary N) is 1. The molecule has 0 radical (unpaired) electrons. The van der Waals surface area contributed by atoms with Gasteiger partial charge in [-0.3, -0.25) is 19.2 Å². The van der Waals surface area contributed by atoms with E-state index < -0.39 is 53.8 Å². The van der Waals surface area contributed by atoms with Crippen molar-refractivity contribution in [3.05, 3.63) is 18.2 Å². The first-order valence-corrected chi connectivity index (χ1v) is 10.0. The lowest BCUT2D eigenvalue weighted by Crippen LogP contribution is -2.57. The average molecular weight is 454 g/mol. The van der Waals surface area contributed by atoms with Crippen LogP contribution in [0, 0.1) is 5.92 Å². The zero-order valence-corrected chi connectivity index (χ0v) is 18.1. The van der Waals surface area contributed by atoms with Gasteiger partial charge < -0.3 is 36.9 Å². The minimum atomic E-state index is -1.20. The van der Waals surface area contributed by atoms with Gasteiger partial charge in [0.25, 0.3) is 0 Å². The summed E-state index contributed by atoms with van der Waals surface area (Å²) in [6.07, 6.45) is 2.40. The van der Waals surface area contributed by atoms with Crippen LogP contribution in [0.4, 0.5) is 0 Å². The van der Waals surface area contributed by atoms with Gasteiger partial charge in [0.05, 0.1) is 12.4 Å². The van der Waals surface area contributed by atoms with Gasteiger partial charge in [0.1, 0.15) is 18.1 Å². The highest BCUT2D eigenvalue weighted by Crippen LogP contribution is 2.04. The minimum absolute atomic E-state index is 0.00130. The van der Waals surface area contributed by atoms with Gasteiger partial charge in [0, 0.05) is 24.7 Å². The van der Waals surface area contributed by atoms with Gasteiger partial charge >= 0.3 is 11.9 Å². The zero-order valence-electron chi connectivity index (χ0n) is 18.1. The second-order valence-electron chi connectivity index (χ2n) is 7.68. The largest absolute Gasteiger partial charge is 0.481 e. The van der Waals surface area contributed by atoms with E-state index in [9.17, 15) is 29.1 Å². The molecule has 1 rings (SSSR count). The second kappa shape index (κ2) is 12.4. The van der Waals surface area contributed by atoms with Crippen LogP contribution in [0.3, 0.4) is 0 Å². The fourth-order valence-corrected chi connectivity index (χ4v) is 2.69. The van der Waals surface area contributed by atoms with Crippen molar-refractivity contribution in [2.45, 2.75) is 64.2 Å². The molecule has 0 aliphatic carbocycles. The predicted octanol–water partition coefficient (Wildman–Crippen LogP) is -1.64. The van der Waals surface area contributed by atoms with Crippen molar-refractivity contribution in [3.63, 3.8) is 0 Å². The molecule has 0 aliphatic rings. The summed E-state index contributed by atoms with van der Waals surface area (Å²) < 4.78 is 0. The van der Waals surface area contributed by atoms with Crippen LogP contribution in [-0.2, 0) is 30.4 Å². The number of nitrogens with one attached hydrogen (secondary N) is 4. The fourth-order valence-electron chi connectivity index (χ4n) is 2.69. The smallest absolute Gasteiger partial charge is 0.326 e. The van der Waals surface area contributed by atoms with Crippen molar-refractivity contribution < 1.29 is 34.2 Å². The number of rotatable bonds is 13. The SMILES string of the molecule is CC(NC(=O)C(Cc1cnc[nH]1)NC(=O)C(N)CCC(=O)O)C(=O)NC(C(=O)O)C(C)C. The maximum Gasteiger partial charge on any atom is 0.326 e. The molecule has 13 nitrogen and oxygen atoms in total. The molecule has 0 bridgehead atoms. The third kappa shape index (κ3) is 8.71. The molecular weight excluding hydrogens is 424 g/mol. The first-order valence-electron chi connectivity index (χ1n) is 10.0. The van der Waals surface area contributed by atoms with Gasteiger partial charge in [-0.25, -0.2) is 9.78 Å². The molecule has 1 aromatic rings. The molecule has 13 heteroatoms. The molecule has 1 aromatic heterocycles. The third-order valence-corrected chi connectivity index (χ3v) is 4.60. The number of aromatic nitrogens is 2. The first-order chi connectivity index (χ1) is 14.9. The summed E-state index contributed by atoms with van der Waals surface area (Å²) in [5, 5.41) is 25.2. The van der Waals surface area contributed by atoms with Crippen LogP contribution in [-0.4, -0.2) is 74.0 Å². The molecule has 1 heterocycles. The van der Waals surface area contributed by atoms with Crippen LogP contribution in [0.5, 0.6) is 0 Å². The molecule has 0 aromatic carbocycles. The second-order valence-corrected chi connectivity index (χ2v) is 7.68. The van der Waals surface area contributed by atoms with E-state index in [1.807, 2.05) is 0 Å². The molecule has 178 valence electrons. The highest BCUT2D eigenvalue weighted by molar-refractivity contribution is 5.94. The molecule has 8 N–H and O–H groups in total. The number of carbonyl (C=O) groups is 5. The van der Waals surface area contributed by atoms with Crippen molar-refractivity contribution >= 4 is 29.7 Å². The number of aliphatic carboxylic acids is 2. The number of hydrogen-bond acceptors (Lipinski definition) is 7. The molecule has 0 saturated carbocycles. The predicted molar refractivity (Wildman–Crippen MR) is 111 cm³/mol. The van der Waals surface area contributed by atoms with Gasteiger partial charge in [-0.05, 0) is 19.3 Å². The Labute approximate surface area is 184 Å². The Bertz CT molecular complexity index is 811. The summed E-state index contributed by atoms with van der Waals surface area (Å²) >= 11 is 0. The number of carboxylic acid groups (broad SMARTS) is 2. The van der Waals surface area contributed by atoms with Crippen molar-refractivity contribution in [2.24, 2.45) is 11.7 Å². The number of carboxylic acids is 2. The van der Waals surface area contributed by atoms with E-state index in [-0.39, 0.29) is 25.2 Å². The Morgan fingerprint density at radius 1 is 1.03 bits per heavy atom. The van der Waals surface area contributed by atoms with Crippen LogP contribution in [0.25, 0.3) is 0 Å². The lowest BCUT2D eigenvalue weighted by atomic mass is 10.0. The van der Waals surface area contributed by atoms with E-state index in [2.05, 4.69) is 25.9 Å². The topological polar surface area (TPSA) is 217 Å². The molecule has 0 aliphatic heterocycles. The van der Waals surface area contributed by atoms with Crippen LogP contribution < -0.4 is 21.7 Å². The molecule has 3 amide bonds. The standard InChI is InChI=1S/C19H30N6O7/c1-9(2)15(19(31)32)25-16(28)10(3)23-18(30)13(6-11-7-21-8-22-11)24-17(29)12(20)4-5-14(26)27/h7-10,12-13,15H,4-6,20H2,1-3H3,(H,21,22)(H,23,30)(H,24,29)(H,25,28)(H,26,27)(H,31,32). The van der Waals surface area contributed by atoms with E-state index in [4.69, 9.17) is 10.8 Å². The number of hydrogen-bond donors (Lipinski definition) is 7. The Hall–Kier alpha value is -3.48. The third-order valence-electron chi connectivity index (χ3n) is 4.60. The Morgan fingerprint density at radius 3 is 2.19 bits per heavy atom. The number of nitrogens with zero attached hydrogens (tertiary/aromatic N) is 1. The lowest BCUT2D eigenvalue weighted by molar-refractivity contribution is -0.143. The van der Waals surface area contributed by atoms with E-state index in [0.29, 0.717) is 5.69 Å². The van der Waals surface area contributed by atoms with E-state index in [1.54, 1.807) is 13.8 Å². The van der Waals surface area contributed by atoms with E-state index in [0.717, 1.165) is 0 Å². The summed E-state index contributed by atoms with van der Waals surface area (Å²) in [6.45, 7) is 4.64. The molecule has 4 atom stereocenters. The maximum atomic E-state index is 12.8. The minimum Gasteiger partial charge on any atom is -0.481 e. The number of imidazole rings is 1. The molecule has 0 spiro atoms. The molecule has 32 heavy (non-hydrogen) atoms.